The van der Waals surface area contributed by atoms with E-state index < -0.39 is 0 Å². The van der Waals surface area contributed by atoms with Crippen molar-refractivity contribution >= 4 is 5.91 Å². The molecule has 0 saturated heterocycles. The molecule has 1 atom stereocenters. The number of ether oxygens (including phenoxy) is 1. The minimum atomic E-state index is -0.186. The van der Waals surface area contributed by atoms with Gasteiger partial charge in [-0.25, -0.2) is 0 Å². The zero-order valence-electron chi connectivity index (χ0n) is 9.46. The lowest BCUT2D eigenvalue weighted by Crippen LogP contribution is -2.41. The molecule has 6 heteroatoms. The average molecular weight is 224 g/mol. The van der Waals surface area contributed by atoms with Crippen molar-refractivity contribution in [2.75, 3.05) is 27.3 Å². The highest BCUT2D eigenvalue weighted by Crippen LogP contribution is 2.00. The molecule has 1 rings (SSSR count). The van der Waals surface area contributed by atoms with Gasteiger partial charge < -0.3 is 15.4 Å². The lowest BCUT2D eigenvalue weighted by molar-refractivity contribution is 0.0764. The zero-order valence-corrected chi connectivity index (χ0v) is 9.46. The average Bonchev–Trinajstić information content (AvgIpc) is 2.29. The molecule has 0 aromatic carbocycles. The second-order valence-electron chi connectivity index (χ2n) is 3.53. The van der Waals surface area contributed by atoms with Crippen molar-refractivity contribution in [3.8, 4) is 0 Å². The van der Waals surface area contributed by atoms with E-state index in [4.69, 9.17) is 10.5 Å². The van der Waals surface area contributed by atoms with Gasteiger partial charge in [0.2, 0.25) is 0 Å². The van der Waals surface area contributed by atoms with Gasteiger partial charge in [0.1, 0.15) is 0 Å². The molecule has 0 aliphatic heterocycles. The van der Waals surface area contributed by atoms with Crippen LogP contribution in [0.15, 0.2) is 18.5 Å². The molecular weight excluding hydrogens is 208 g/mol. The second kappa shape index (κ2) is 6.14. The van der Waals surface area contributed by atoms with Crippen LogP contribution in [0.1, 0.15) is 10.4 Å². The summed E-state index contributed by atoms with van der Waals surface area (Å²) in [5.41, 5.74) is 6.26. The summed E-state index contributed by atoms with van der Waals surface area (Å²) < 4.78 is 4.90. The van der Waals surface area contributed by atoms with E-state index in [0.29, 0.717) is 18.7 Å². The summed E-state index contributed by atoms with van der Waals surface area (Å²) in [5, 5.41) is 7.26. The SMILES string of the molecule is COCC(N)CN(C)C(=O)c1ccnnc1. The third kappa shape index (κ3) is 3.56. The first-order valence-corrected chi connectivity index (χ1v) is 4.92. The fraction of sp³-hybridized carbons (Fsp3) is 0.500. The topological polar surface area (TPSA) is 81.3 Å². The third-order valence-corrected chi connectivity index (χ3v) is 2.07. The Labute approximate surface area is 94.4 Å². The summed E-state index contributed by atoms with van der Waals surface area (Å²) in [6.07, 6.45) is 2.91. The number of hydrogen-bond acceptors (Lipinski definition) is 5. The molecule has 0 bridgehead atoms. The Kier molecular flexibility index (Phi) is 4.81. The Hall–Kier alpha value is -1.53. The zero-order chi connectivity index (χ0) is 12.0. The van der Waals surface area contributed by atoms with Crippen LogP contribution in [-0.4, -0.2) is 54.4 Å². The molecule has 2 N–H and O–H groups in total. The normalized spacial score (nSPS) is 12.2. The number of nitrogens with zero attached hydrogens (tertiary/aromatic N) is 3. The number of aromatic nitrogens is 2. The number of amides is 1. The van der Waals surface area contributed by atoms with Crippen LogP contribution in [-0.2, 0) is 4.74 Å². The Balaban J connectivity index is 2.55. The summed E-state index contributed by atoms with van der Waals surface area (Å²) in [7, 11) is 3.27. The fourth-order valence-electron chi connectivity index (χ4n) is 1.34. The Morgan fingerprint density at radius 2 is 2.38 bits per heavy atom. The van der Waals surface area contributed by atoms with Gasteiger partial charge >= 0.3 is 0 Å². The second-order valence-corrected chi connectivity index (χ2v) is 3.53. The molecule has 0 spiro atoms. The van der Waals surface area contributed by atoms with Crippen molar-refractivity contribution in [1.82, 2.24) is 15.1 Å². The molecule has 1 aromatic rings. The van der Waals surface area contributed by atoms with Crippen molar-refractivity contribution < 1.29 is 9.53 Å². The molecule has 6 nitrogen and oxygen atoms in total. The summed E-state index contributed by atoms with van der Waals surface area (Å²) >= 11 is 0. The molecule has 16 heavy (non-hydrogen) atoms. The molecule has 1 unspecified atom stereocenters. The molecule has 88 valence electrons. The number of carbonyl (C=O) groups excluding carboxylic acids is 1. The van der Waals surface area contributed by atoms with Crippen molar-refractivity contribution in [3.63, 3.8) is 0 Å². The molecule has 0 aliphatic rings. The molecule has 1 aromatic heterocycles. The number of hydrogen-bond donors (Lipinski definition) is 1. The van der Waals surface area contributed by atoms with Gasteiger partial charge in [-0.05, 0) is 6.07 Å². The maximum absolute atomic E-state index is 11.8. The fourth-order valence-corrected chi connectivity index (χ4v) is 1.34. The molecule has 0 fully saturated rings. The van der Waals surface area contributed by atoms with E-state index >= 15 is 0 Å². The first-order chi connectivity index (χ1) is 7.65. The predicted molar refractivity (Wildman–Crippen MR) is 58.8 cm³/mol. The largest absolute Gasteiger partial charge is 0.383 e. The highest BCUT2D eigenvalue weighted by molar-refractivity contribution is 5.93. The minimum absolute atomic E-state index is 0.124. The van der Waals surface area contributed by atoms with Crippen molar-refractivity contribution in [3.05, 3.63) is 24.0 Å². The van der Waals surface area contributed by atoms with Gasteiger partial charge in [-0.2, -0.15) is 10.2 Å². The lowest BCUT2D eigenvalue weighted by Gasteiger charge is -2.20. The van der Waals surface area contributed by atoms with Crippen LogP contribution in [0.3, 0.4) is 0 Å². The van der Waals surface area contributed by atoms with E-state index in [9.17, 15) is 4.79 Å². The summed E-state index contributed by atoms with van der Waals surface area (Å²) in [5.74, 6) is -0.124. The van der Waals surface area contributed by atoms with Crippen molar-refractivity contribution in [2.45, 2.75) is 6.04 Å². The van der Waals surface area contributed by atoms with Gasteiger partial charge in [-0.1, -0.05) is 0 Å². The van der Waals surface area contributed by atoms with E-state index in [0.717, 1.165) is 0 Å². The molecule has 1 heterocycles. The quantitative estimate of drug-likeness (QED) is 0.730. The van der Waals surface area contributed by atoms with E-state index in [1.54, 1.807) is 25.1 Å². The Morgan fingerprint density at radius 1 is 1.62 bits per heavy atom. The van der Waals surface area contributed by atoms with E-state index in [1.807, 2.05) is 0 Å². The van der Waals surface area contributed by atoms with Crippen LogP contribution in [0.5, 0.6) is 0 Å². The van der Waals surface area contributed by atoms with Crippen LogP contribution in [0.25, 0.3) is 0 Å². The summed E-state index contributed by atoms with van der Waals surface area (Å²) in [6.45, 7) is 0.862. The van der Waals surface area contributed by atoms with Gasteiger partial charge in [0.05, 0.1) is 24.6 Å². The lowest BCUT2D eigenvalue weighted by atomic mass is 10.2. The number of methoxy groups -OCH3 is 1. The highest BCUT2D eigenvalue weighted by Gasteiger charge is 2.14. The van der Waals surface area contributed by atoms with Crippen LogP contribution in [0.4, 0.5) is 0 Å². The molecule has 1 amide bonds. The van der Waals surface area contributed by atoms with Gasteiger partial charge in [0.25, 0.3) is 5.91 Å². The number of nitrogens with two attached hydrogens (primary N) is 1. The monoisotopic (exact) mass is 224 g/mol. The maximum Gasteiger partial charge on any atom is 0.255 e. The molecule has 0 radical (unpaired) electrons. The van der Waals surface area contributed by atoms with Crippen LogP contribution in [0.2, 0.25) is 0 Å². The van der Waals surface area contributed by atoms with Crippen LogP contribution in [0, 0.1) is 0 Å². The third-order valence-electron chi connectivity index (χ3n) is 2.07. The minimum Gasteiger partial charge on any atom is -0.383 e. The number of rotatable bonds is 5. The van der Waals surface area contributed by atoms with Gasteiger partial charge in [-0.15, -0.1) is 0 Å². The van der Waals surface area contributed by atoms with Crippen molar-refractivity contribution in [2.24, 2.45) is 5.73 Å². The molecular formula is C10H16N4O2. The maximum atomic E-state index is 11.8. The van der Waals surface area contributed by atoms with E-state index in [1.165, 1.54) is 12.4 Å². The van der Waals surface area contributed by atoms with Crippen LogP contribution >= 0.6 is 0 Å². The van der Waals surface area contributed by atoms with Gasteiger partial charge in [0.15, 0.2) is 0 Å². The van der Waals surface area contributed by atoms with Gasteiger partial charge in [-0.3, -0.25) is 4.79 Å². The Morgan fingerprint density at radius 3 is 2.94 bits per heavy atom. The first kappa shape index (κ1) is 12.5. The summed E-state index contributed by atoms with van der Waals surface area (Å²) in [4.78, 5) is 13.4. The summed E-state index contributed by atoms with van der Waals surface area (Å²) in [6, 6.07) is 1.43. The molecule has 0 saturated carbocycles. The number of carbonyl (C=O) groups is 1. The van der Waals surface area contributed by atoms with Gasteiger partial charge in [0, 0.05) is 26.7 Å². The van der Waals surface area contributed by atoms with E-state index in [2.05, 4.69) is 10.2 Å². The standard InChI is InChI=1S/C10H16N4O2/c1-14(6-9(11)7-16-2)10(15)8-3-4-12-13-5-8/h3-5,9H,6-7,11H2,1-2H3. The number of likely N-dealkylation sites (N-methyl/N-ethyl adjacent to an activating group) is 1. The van der Waals surface area contributed by atoms with Crippen molar-refractivity contribution in [1.29, 1.82) is 0 Å². The predicted octanol–water partition coefficient (Wildman–Crippen LogP) is -0.478. The Bertz CT molecular complexity index is 331. The van der Waals surface area contributed by atoms with E-state index in [-0.39, 0.29) is 11.9 Å². The smallest absolute Gasteiger partial charge is 0.255 e. The molecule has 0 aliphatic carbocycles. The first-order valence-electron chi connectivity index (χ1n) is 4.92. The highest BCUT2D eigenvalue weighted by atomic mass is 16.5. The van der Waals surface area contributed by atoms with Crippen LogP contribution < -0.4 is 5.73 Å².